The monoisotopic (exact) mass is 312 g/mol. The Hall–Kier alpha value is -0.580. The second kappa shape index (κ2) is 8.16. The van der Waals surface area contributed by atoms with Crippen LogP contribution in [0.15, 0.2) is 6.20 Å². The minimum Gasteiger partial charge on any atom is -0.319 e. The summed E-state index contributed by atoms with van der Waals surface area (Å²) in [6.45, 7) is 2.98. The van der Waals surface area contributed by atoms with E-state index in [0.717, 1.165) is 24.7 Å². The van der Waals surface area contributed by atoms with Crippen LogP contribution in [0.5, 0.6) is 0 Å². The maximum absolute atomic E-state index is 6.50. The van der Waals surface area contributed by atoms with E-state index in [1.54, 1.807) is 0 Å². The molecule has 2 atom stereocenters. The minimum atomic E-state index is 0.539. The van der Waals surface area contributed by atoms with Crippen LogP contribution in [-0.2, 0) is 6.54 Å². The van der Waals surface area contributed by atoms with E-state index in [2.05, 4.69) is 34.1 Å². The molecule has 0 amide bonds. The van der Waals surface area contributed by atoms with Crippen molar-refractivity contribution in [1.82, 2.24) is 20.0 Å². The van der Waals surface area contributed by atoms with Gasteiger partial charge in [-0.1, -0.05) is 30.9 Å². The molecule has 2 unspecified atom stereocenters. The molecule has 21 heavy (non-hydrogen) atoms. The number of rotatable bonds is 6. The van der Waals surface area contributed by atoms with Crippen LogP contribution in [-0.4, -0.2) is 48.9 Å². The topological polar surface area (TPSA) is 33.1 Å². The lowest BCUT2D eigenvalue weighted by atomic mass is 9.85. The quantitative estimate of drug-likeness (QED) is 0.820. The highest BCUT2D eigenvalue weighted by molar-refractivity contribution is 6.31. The lowest BCUT2D eigenvalue weighted by Gasteiger charge is -2.26. The first-order valence-corrected chi connectivity index (χ1v) is 8.51. The summed E-state index contributed by atoms with van der Waals surface area (Å²) in [6.07, 6.45) is 8.35. The lowest BCUT2D eigenvalue weighted by molar-refractivity contribution is 0.340. The third-order valence-corrected chi connectivity index (χ3v) is 4.86. The Morgan fingerprint density at radius 3 is 2.81 bits per heavy atom. The SMILES string of the molecule is CNCC1CCCCCC1c1c(Cl)cnn1CCN(C)C. The van der Waals surface area contributed by atoms with Crippen LogP contribution in [0.3, 0.4) is 0 Å². The molecule has 4 nitrogen and oxygen atoms in total. The van der Waals surface area contributed by atoms with Gasteiger partial charge in [-0.05, 0) is 46.4 Å². The number of nitrogens with zero attached hydrogens (tertiary/aromatic N) is 3. The summed E-state index contributed by atoms with van der Waals surface area (Å²) in [6, 6.07) is 0. The standard InChI is InChI=1S/C16H29ClN4/c1-18-11-13-7-5-4-6-8-14(13)16-15(17)12-19-21(16)10-9-20(2)3/h12-14,18H,4-11H2,1-3H3. The fourth-order valence-corrected chi connectivity index (χ4v) is 3.75. The maximum atomic E-state index is 6.50. The summed E-state index contributed by atoms with van der Waals surface area (Å²) >= 11 is 6.50. The molecule has 1 aromatic rings. The number of nitrogens with one attached hydrogen (secondary N) is 1. The number of halogens is 1. The van der Waals surface area contributed by atoms with Crippen LogP contribution in [0, 0.1) is 5.92 Å². The van der Waals surface area contributed by atoms with Crippen molar-refractivity contribution in [1.29, 1.82) is 0 Å². The van der Waals surface area contributed by atoms with Gasteiger partial charge in [-0.25, -0.2) is 0 Å². The lowest BCUT2D eigenvalue weighted by Crippen LogP contribution is -2.27. The Morgan fingerprint density at radius 2 is 2.10 bits per heavy atom. The molecule has 1 aliphatic carbocycles. The molecule has 1 aromatic heterocycles. The van der Waals surface area contributed by atoms with Gasteiger partial charge in [0, 0.05) is 12.5 Å². The van der Waals surface area contributed by atoms with E-state index in [1.807, 2.05) is 13.2 Å². The Balaban J connectivity index is 2.21. The van der Waals surface area contributed by atoms with Crippen LogP contribution in [0.1, 0.15) is 43.7 Å². The molecular weight excluding hydrogens is 284 g/mol. The zero-order valence-corrected chi connectivity index (χ0v) is 14.4. The van der Waals surface area contributed by atoms with Crippen LogP contribution < -0.4 is 5.32 Å². The summed E-state index contributed by atoms with van der Waals surface area (Å²) in [7, 11) is 6.24. The molecule has 0 aliphatic heterocycles. The molecule has 120 valence electrons. The normalized spacial score (nSPS) is 23.5. The van der Waals surface area contributed by atoms with Crippen molar-refractivity contribution in [2.45, 2.75) is 44.6 Å². The second-order valence-electron chi connectivity index (χ2n) is 6.47. The minimum absolute atomic E-state index is 0.539. The summed E-state index contributed by atoms with van der Waals surface area (Å²) in [5.41, 5.74) is 1.26. The van der Waals surface area contributed by atoms with Crippen molar-refractivity contribution < 1.29 is 0 Å². The highest BCUT2D eigenvalue weighted by Crippen LogP contribution is 2.39. The van der Waals surface area contributed by atoms with Gasteiger partial charge in [0.05, 0.1) is 23.5 Å². The van der Waals surface area contributed by atoms with E-state index >= 15 is 0 Å². The molecule has 0 saturated heterocycles. The van der Waals surface area contributed by atoms with E-state index in [0.29, 0.717) is 11.8 Å². The third-order valence-electron chi connectivity index (χ3n) is 4.57. The molecule has 1 heterocycles. The van der Waals surface area contributed by atoms with Gasteiger partial charge in [0.2, 0.25) is 0 Å². The predicted molar refractivity (Wildman–Crippen MR) is 89.0 cm³/mol. The Labute approximate surface area is 133 Å². The first-order chi connectivity index (χ1) is 10.1. The molecule has 1 fully saturated rings. The van der Waals surface area contributed by atoms with E-state index in [1.165, 1.54) is 37.8 Å². The van der Waals surface area contributed by atoms with Crippen LogP contribution in [0.4, 0.5) is 0 Å². The average Bonchev–Trinajstić information content (AvgIpc) is 2.66. The average molecular weight is 313 g/mol. The smallest absolute Gasteiger partial charge is 0.0820 e. The van der Waals surface area contributed by atoms with Gasteiger partial charge in [-0.15, -0.1) is 0 Å². The highest BCUT2D eigenvalue weighted by atomic mass is 35.5. The van der Waals surface area contributed by atoms with Gasteiger partial charge >= 0.3 is 0 Å². The largest absolute Gasteiger partial charge is 0.319 e. The molecular formula is C16H29ClN4. The van der Waals surface area contributed by atoms with Crippen molar-refractivity contribution in [3.8, 4) is 0 Å². The molecule has 1 saturated carbocycles. The molecule has 1 aliphatic rings. The zero-order chi connectivity index (χ0) is 15.2. The fraction of sp³-hybridized carbons (Fsp3) is 0.812. The molecule has 0 spiro atoms. The van der Waals surface area contributed by atoms with Gasteiger partial charge < -0.3 is 10.2 Å². The van der Waals surface area contributed by atoms with Crippen molar-refractivity contribution in [3.05, 3.63) is 16.9 Å². The highest BCUT2D eigenvalue weighted by Gasteiger charge is 2.29. The Morgan fingerprint density at radius 1 is 1.33 bits per heavy atom. The predicted octanol–water partition coefficient (Wildman–Crippen LogP) is 2.98. The van der Waals surface area contributed by atoms with Gasteiger partial charge in [-0.2, -0.15) is 5.10 Å². The number of likely N-dealkylation sites (N-methyl/N-ethyl adjacent to an activating group) is 1. The van der Waals surface area contributed by atoms with Gasteiger partial charge in [0.25, 0.3) is 0 Å². The molecule has 2 rings (SSSR count). The first kappa shape index (κ1) is 16.8. The Bertz CT molecular complexity index is 430. The summed E-state index contributed by atoms with van der Waals surface area (Å²) in [5.74, 6) is 1.21. The maximum Gasteiger partial charge on any atom is 0.0820 e. The molecule has 5 heteroatoms. The van der Waals surface area contributed by atoms with Gasteiger partial charge in [0.1, 0.15) is 0 Å². The summed E-state index contributed by atoms with van der Waals surface area (Å²) in [5, 5.41) is 8.74. The molecule has 0 aromatic carbocycles. The van der Waals surface area contributed by atoms with Crippen LogP contribution in [0.2, 0.25) is 5.02 Å². The van der Waals surface area contributed by atoms with E-state index < -0.39 is 0 Å². The first-order valence-electron chi connectivity index (χ1n) is 8.14. The zero-order valence-electron chi connectivity index (χ0n) is 13.6. The van der Waals surface area contributed by atoms with Crippen molar-refractivity contribution in [3.63, 3.8) is 0 Å². The Kier molecular flexibility index (Phi) is 6.52. The summed E-state index contributed by atoms with van der Waals surface area (Å²) in [4.78, 5) is 2.19. The number of hydrogen-bond acceptors (Lipinski definition) is 3. The number of aromatic nitrogens is 2. The molecule has 0 radical (unpaired) electrons. The molecule has 1 N–H and O–H groups in total. The third kappa shape index (κ3) is 4.44. The number of hydrogen-bond donors (Lipinski definition) is 1. The second-order valence-corrected chi connectivity index (χ2v) is 6.87. The van der Waals surface area contributed by atoms with Gasteiger partial charge in [0.15, 0.2) is 0 Å². The fourth-order valence-electron chi connectivity index (χ4n) is 3.46. The van der Waals surface area contributed by atoms with E-state index in [9.17, 15) is 0 Å². The summed E-state index contributed by atoms with van der Waals surface area (Å²) < 4.78 is 2.14. The van der Waals surface area contributed by atoms with E-state index in [4.69, 9.17) is 11.6 Å². The van der Waals surface area contributed by atoms with Crippen molar-refractivity contribution in [2.75, 3.05) is 34.2 Å². The van der Waals surface area contributed by atoms with Gasteiger partial charge in [-0.3, -0.25) is 4.68 Å². The van der Waals surface area contributed by atoms with Crippen molar-refractivity contribution >= 4 is 11.6 Å². The van der Waals surface area contributed by atoms with E-state index in [-0.39, 0.29) is 0 Å². The van der Waals surface area contributed by atoms with Crippen LogP contribution >= 0.6 is 11.6 Å². The van der Waals surface area contributed by atoms with Crippen LogP contribution in [0.25, 0.3) is 0 Å². The van der Waals surface area contributed by atoms with Crippen molar-refractivity contribution in [2.24, 2.45) is 5.92 Å². The molecule has 0 bridgehead atoms.